The highest BCUT2D eigenvalue weighted by atomic mass is 32.1. The van der Waals surface area contributed by atoms with Crippen LogP contribution in [0.4, 0.5) is 11.8 Å². The fraction of sp³-hybridized carbons (Fsp3) is 0.231. The molecule has 0 bridgehead atoms. The van der Waals surface area contributed by atoms with Gasteiger partial charge >= 0.3 is 0 Å². The van der Waals surface area contributed by atoms with Crippen molar-refractivity contribution < 1.29 is 4.42 Å². The van der Waals surface area contributed by atoms with Crippen molar-refractivity contribution in [1.29, 1.82) is 0 Å². The van der Waals surface area contributed by atoms with Crippen molar-refractivity contribution in [1.82, 2.24) is 9.97 Å². The Bertz CT molecular complexity index is 677. The molecule has 5 nitrogen and oxygen atoms in total. The van der Waals surface area contributed by atoms with Crippen molar-refractivity contribution in [2.45, 2.75) is 13.5 Å². The molecule has 3 rings (SSSR count). The summed E-state index contributed by atoms with van der Waals surface area (Å²) in [4.78, 5) is 11.7. The maximum atomic E-state index is 5.78. The van der Waals surface area contributed by atoms with Crippen LogP contribution in [0.1, 0.15) is 12.7 Å². The molecule has 0 amide bonds. The Morgan fingerprint density at radius 1 is 1.37 bits per heavy atom. The lowest BCUT2D eigenvalue weighted by molar-refractivity contribution is 0.503. The monoisotopic (exact) mass is 274 g/mol. The molecular weight excluding hydrogens is 260 g/mol. The van der Waals surface area contributed by atoms with E-state index in [-0.39, 0.29) is 0 Å². The molecule has 0 saturated heterocycles. The molecule has 0 radical (unpaired) electrons. The Balaban J connectivity index is 2.03. The fourth-order valence-corrected chi connectivity index (χ4v) is 2.79. The van der Waals surface area contributed by atoms with Crippen LogP contribution >= 0.6 is 11.3 Å². The quantitative estimate of drug-likeness (QED) is 0.792. The van der Waals surface area contributed by atoms with Crippen LogP contribution in [0.5, 0.6) is 0 Å². The third-order valence-corrected chi connectivity index (χ3v) is 3.74. The summed E-state index contributed by atoms with van der Waals surface area (Å²) in [6.45, 7) is 3.58. The lowest BCUT2D eigenvalue weighted by Gasteiger charge is -2.21. The van der Waals surface area contributed by atoms with E-state index in [0.29, 0.717) is 12.5 Å². The molecule has 0 aliphatic rings. The van der Waals surface area contributed by atoms with E-state index in [4.69, 9.17) is 10.2 Å². The second kappa shape index (κ2) is 4.89. The molecule has 19 heavy (non-hydrogen) atoms. The van der Waals surface area contributed by atoms with Crippen LogP contribution in [0.15, 0.2) is 34.3 Å². The average Bonchev–Trinajstić information content (AvgIpc) is 3.05. The fourth-order valence-electron chi connectivity index (χ4n) is 2.02. The largest absolute Gasteiger partial charge is 0.467 e. The minimum Gasteiger partial charge on any atom is -0.467 e. The number of furan rings is 1. The van der Waals surface area contributed by atoms with Crippen LogP contribution in [-0.4, -0.2) is 16.5 Å². The molecule has 3 heterocycles. The zero-order valence-electron chi connectivity index (χ0n) is 10.5. The van der Waals surface area contributed by atoms with E-state index in [1.54, 1.807) is 17.6 Å². The van der Waals surface area contributed by atoms with E-state index in [1.165, 1.54) is 0 Å². The number of nitrogens with zero attached hydrogens (tertiary/aromatic N) is 3. The summed E-state index contributed by atoms with van der Waals surface area (Å²) in [6.07, 6.45) is 1.68. The van der Waals surface area contributed by atoms with Crippen molar-refractivity contribution >= 4 is 33.3 Å². The molecule has 0 aliphatic heterocycles. The molecule has 0 spiro atoms. The Morgan fingerprint density at radius 3 is 3.00 bits per heavy atom. The highest BCUT2D eigenvalue weighted by Gasteiger charge is 2.14. The smallest absolute Gasteiger partial charge is 0.223 e. The van der Waals surface area contributed by atoms with Gasteiger partial charge in [-0.15, -0.1) is 11.3 Å². The van der Waals surface area contributed by atoms with E-state index in [9.17, 15) is 0 Å². The van der Waals surface area contributed by atoms with Crippen molar-refractivity contribution in [2.24, 2.45) is 0 Å². The SMILES string of the molecule is CCN(Cc1ccco1)c1nc(N)nc2sccc12. The zero-order chi connectivity index (χ0) is 13.2. The summed E-state index contributed by atoms with van der Waals surface area (Å²) < 4.78 is 5.40. The Kier molecular flexibility index (Phi) is 3.08. The van der Waals surface area contributed by atoms with Gasteiger partial charge in [0.1, 0.15) is 16.4 Å². The number of nitrogen functional groups attached to an aromatic ring is 1. The maximum absolute atomic E-state index is 5.78. The number of anilines is 2. The summed E-state index contributed by atoms with van der Waals surface area (Å²) in [5.41, 5.74) is 5.78. The van der Waals surface area contributed by atoms with Gasteiger partial charge in [-0.25, -0.2) is 4.98 Å². The van der Waals surface area contributed by atoms with E-state index in [0.717, 1.165) is 28.3 Å². The van der Waals surface area contributed by atoms with Crippen LogP contribution < -0.4 is 10.6 Å². The van der Waals surface area contributed by atoms with Gasteiger partial charge in [0, 0.05) is 6.54 Å². The first-order chi connectivity index (χ1) is 9.28. The summed E-state index contributed by atoms with van der Waals surface area (Å²) in [7, 11) is 0. The van der Waals surface area contributed by atoms with Gasteiger partial charge in [0.2, 0.25) is 5.95 Å². The number of thiophene rings is 1. The highest BCUT2D eigenvalue weighted by Crippen LogP contribution is 2.29. The van der Waals surface area contributed by atoms with Crippen LogP contribution in [0.25, 0.3) is 10.2 Å². The maximum Gasteiger partial charge on any atom is 0.223 e. The third-order valence-electron chi connectivity index (χ3n) is 2.93. The normalized spacial score (nSPS) is 11.0. The van der Waals surface area contributed by atoms with Gasteiger partial charge in [0.25, 0.3) is 0 Å². The number of hydrogen-bond donors (Lipinski definition) is 1. The van der Waals surface area contributed by atoms with Gasteiger partial charge in [0.15, 0.2) is 0 Å². The van der Waals surface area contributed by atoms with Crippen LogP contribution in [0.2, 0.25) is 0 Å². The lowest BCUT2D eigenvalue weighted by atomic mass is 10.3. The van der Waals surface area contributed by atoms with Gasteiger partial charge in [-0.3, -0.25) is 0 Å². The number of hydrogen-bond acceptors (Lipinski definition) is 6. The van der Waals surface area contributed by atoms with Gasteiger partial charge < -0.3 is 15.1 Å². The summed E-state index contributed by atoms with van der Waals surface area (Å²) in [6, 6.07) is 5.87. The lowest BCUT2D eigenvalue weighted by Crippen LogP contribution is -2.23. The summed E-state index contributed by atoms with van der Waals surface area (Å²) in [5, 5.41) is 3.04. The first-order valence-electron chi connectivity index (χ1n) is 6.06. The zero-order valence-corrected chi connectivity index (χ0v) is 11.4. The number of nitrogens with two attached hydrogens (primary N) is 1. The Labute approximate surface area is 114 Å². The first kappa shape index (κ1) is 12.0. The van der Waals surface area contributed by atoms with Gasteiger partial charge in [-0.2, -0.15) is 4.98 Å². The molecule has 3 aromatic rings. The Morgan fingerprint density at radius 2 is 2.26 bits per heavy atom. The molecule has 98 valence electrons. The third kappa shape index (κ3) is 2.26. The van der Waals surface area contributed by atoms with E-state index >= 15 is 0 Å². The Hall–Kier alpha value is -2.08. The predicted molar refractivity (Wildman–Crippen MR) is 77.3 cm³/mol. The molecular formula is C13H14N4OS. The molecule has 0 atom stereocenters. The second-order valence-electron chi connectivity index (χ2n) is 4.14. The first-order valence-corrected chi connectivity index (χ1v) is 6.94. The summed E-state index contributed by atoms with van der Waals surface area (Å²) >= 11 is 1.57. The summed E-state index contributed by atoms with van der Waals surface area (Å²) in [5.74, 6) is 2.08. The van der Waals surface area contributed by atoms with Crippen LogP contribution in [0, 0.1) is 0 Å². The highest BCUT2D eigenvalue weighted by molar-refractivity contribution is 7.16. The minimum atomic E-state index is 0.308. The standard InChI is InChI=1S/C13H14N4OS/c1-2-17(8-9-4-3-6-18-9)11-10-5-7-19-12(10)16-13(14)15-11/h3-7H,2,8H2,1H3,(H2,14,15,16). The number of rotatable bonds is 4. The molecule has 0 saturated carbocycles. The molecule has 0 aliphatic carbocycles. The van der Waals surface area contributed by atoms with Crippen molar-refractivity contribution in [2.75, 3.05) is 17.2 Å². The van der Waals surface area contributed by atoms with Crippen LogP contribution in [-0.2, 0) is 6.54 Å². The molecule has 2 N–H and O–H groups in total. The van der Waals surface area contributed by atoms with Gasteiger partial charge in [-0.1, -0.05) is 0 Å². The van der Waals surface area contributed by atoms with Crippen LogP contribution in [0.3, 0.4) is 0 Å². The van der Waals surface area contributed by atoms with Gasteiger partial charge in [-0.05, 0) is 30.5 Å². The van der Waals surface area contributed by atoms with Crippen molar-refractivity contribution in [3.05, 3.63) is 35.6 Å². The predicted octanol–water partition coefficient (Wildman–Crippen LogP) is 2.89. The average molecular weight is 274 g/mol. The minimum absolute atomic E-state index is 0.308. The molecule has 3 aromatic heterocycles. The van der Waals surface area contributed by atoms with Crippen molar-refractivity contribution in [3.8, 4) is 0 Å². The molecule has 0 fully saturated rings. The topological polar surface area (TPSA) is 68.2 Å². The molecule has 0 unspecified atom stereocenters. The van der Waals surface area contributed by atoms with E-state index < -0.39 is 0 Å². The van der Waals surface area contributed by atoms with E-state index in [1.807, 2.05) is 23.6 Å². The second-order valence-corrected chi connectivity index (χ2v) is 5.03. The molecule has 6 heteroatoms. The van der Waals surface area contributed by atoms with Gasteiger partial charge in [0.05, 0.1) is 18.2 Å². The van der Waals surface area contributed by atoms with E-state index in [2.05, 4.69) is 21.8 Å². The number of fused-ring (bicyclic) bond motifs is 1. The molecule has 0 aromatic carbocycles. The van der Waals surface area contributed by atoms with Crippen molar-refractivity contribution in [3.63, 3.8) is 0 Å². The number of aromatic nitrogens is 2.